The van der Waals surface area contributed by atoms with E-state index in [2.05, 4.69) is 19.9 Å². The molecule has 5 heterocycles. The summed E-state index contributed by atoms with van der Waals surface area (Å²) in [4.78, 5) is 18.2. The third-order valence-corrected chi connectivity index (χ3v) is 8.38. The summed E-state index contributed by atoms with van der Waals surface area (Å²) < 4.78 is 50.8. The highest BCUT2D eigenvalue weighted by Gasteiger charge is 2.44. The SMILES string of the molecule is C[C@@H]1COC[C@H]2COc3c(nc(-c4c(F)ncc5[nH]ccc45)nc3C(C)(C)S(C)(=O)=O)N21. The largest absolute Gasteiger partial charge is 0.486 e. The number of hydrogen-bond donors (Lipinski definition) is 1. The zero-order valence-corrected chi connectivity index (χ0v) is 19.0. The molecule has 0 radical (unpaired) electrons. The van der Waals surface area contributed by atoms with E-state index in [-0.39, 0.29) is 29.2 Å². The number of fused-ring (bicyclic) bond motifs is 4. The lowest BCUT2D eigenvalue weighted by atomic mass is 10.0. The standard InChI is InChI=1S/C21H24FN5O4S/c1-11-8-30-9-12-10-31-16-17(21(2,3)32(4,28)29)25-19(26-20(16)27(11)12)15-13-5-6-23-14(13)7-24-18(15)22/h5-7,11-12,23H,8-10H2,1-4H3/t11-,12+/m1/s1. The molecule has 2 aliphatic heterocycles. The zero-order chi connectivity index (χ0) is 22.8. The minimum Gasteiger partial charge on any atom is -0.486 e. The molecule has 1 saturated heterocycles. The zero-order valence-electron chi connectivity index (χ0n) is 18.2. The first kappa shape index (κ1) is 21.1. The van der Waals surface area contributed by atoms with Gasteiger partial charge in [0.2, 0.25) is 5.95 Å². The van der Waals surface area contributed by atoms with Crippen molar-refractivity contribution in [3.05, 3.63) is 30.1 Å². The van der Waals surface area contributed by atoms with Gasteiger partial charge in [-0.15, -0.1) is 0 Å². The lowest BCUT2D eigenvalue weighted by Crippen LogP contribution is -2.56. The summed E-state index contributed by atoms with van der Waals surface area (Å²) >= 11 is 0. The highest BCUT2D eigenvalue weighted by Crippen LogP contribution is 2.45. The molecule has 2 aliphatic rings. The van der Waals surface area contributed by atoms with Gasteiger partial charge in [0.25, 0.3) is 0 Å². The molecule has 0 saturated carbocycles. The van der Waals surface area contributed by atoms with Crippen LogP contribution in [-0.2, 0) is 19.3 Å². The lowest BCUT2D eigenvalue weighted by molar-refractivity contribution is 0.0482. The first-order valence-electron chi connectivity index (χ1n) is 10.3. The number of H-pyrrole nitrogens is 1. The quantitative estimate of drug-likeness (QED) is 0.592. The van der Waals surface area contributed by atoms with Crippen molar-refractivity contribution in [1.82, 2.24) is 19.9 Å². The number of pyridine rings is 1. The van der Waals surface area contributed by atoms with Crippen LogP contribution in [0.15, 0.2) is 18.5 Å². The lowest BCUT2D eigenvalue weighted by Gasteiger charge is -2.45. The highest BCUT2D eigenvalue weighted by atomic mass is 32.2. The fourth-order valence-corrected chi connectivity index (χ4v) is 4.73. The normalized spacial score (nSPS) is 21.2. The van der Waals surface area contributed by atoms with E-state index in [1.807, 2.05) is 6.92 Å². The number of aromatic amines is 1. The second-order valence-corrected chi connectivity index (χ2v) is 11.4. The van der Waals surface area contributed by atoms with Gasteiger partial charge in [-0.25, -0.2) is 23.4 Å². The Hall–Kier alpha value is -2.79. The maximum Gasteiger partial charge on any atom is 0.224 e. The average molecular weight is 462 g/mol. The number of sulfone groups is 1. The molecule has 2 atom stereocenters. The Kier molecular flexibility index (Phi) is 4.68. The van der Waals surface area contributed by atoms with Crippen LogP contribution in [0.5, 0.6) is 5.75 Å². The molecule has 32 heavy (non-hydrogen) atoms. The van der Waals surface area contributed by atoms with E-state index >= 15 is 0 Å². The monoisotopic (exact) mass is 461 g/mol. The highest BCUT2D eigenvalue weighted by molar-refractivity contribution is 7.91. The Bertz CT molecular complexity index is 1320. The van der Waals surface area contributed by atoms with Crippen molar-refractivity contribution in [2.45, 2.75) is 37.6 Å². The summed E-state index contributed by atoms with van der Waals surface area (Å²) in [5.74, 6) is 0.0848. The van der Waals surface area contributed by atoms with Crippen LogP contribution in [0.1, 0.15) is 26.5 Å². The van der Waals surface area contributed by atoms with E-state index in [1.165, 1.54) is 6.20 Å². The Labute approximate surface area is 184 Å². The Morgan fingerprint density at radius 3 is 2.78 bits per heavy atom. The van der Waals surface area contributed by atoms with Crippen molar-refractivity contribution < 1.29 is 22.3 Å². The molecule has 0 bridgehead atoms. The van der Waals surface area contributed by atoms with Crippen LogP contribution in [-0.4, -0.2) is 66.5 Å². The molecule has 5 rings (SSSR count). The summed E-state index contributed by atoms with van der Waals surface area (Å²) in [5, 5.41) is 0.559. The van der Waals surface area contributed by atoms with Crippen LogP contribution in [0.25, 0.3) is 22.3 Å². The van der Waals surface area contributed by atoms with E-state index in [4.69, 9.17) is 14.5 Å². The van der Waals surface area contributed by atoms with Crippen LogP contribution in [0, 0.1) is 5.95 Å². The molecule has 0 unspecified atom stereocenters. The molecule has 0 spiro atoms. The summed E-state index contributed by atoms with van der Waals surface area (Å²) in [6.07, 6.45) is 4.23. The van der Waals surface area contributed by atoms with Crippen molar-refractivity contribution in [3.63, 3.8) is 0 Å². The van der Waals surface area contributed by atoms with Crippen molar-refractivity contribution in [1.29, 1.82) is 0 Å². The molecule has 11 heteroatoms. The minimum absolute atomic E-state index is 0.0284. The fourth-order valence-electron chi connectivity index (χ4n) is 4.24. The molecule has 3 aromatic heterocycles. The van der Waals surface area contributed by atoms with Crippen LogP contribution >= 0.6 is 0 Å². The topological polar surface area (TPSA) is 110 Å². The second kappa shape index (κ2) is 7.11. The van der Waals surface area contributed by atoms with E-state index in [0.29, 0.717) is 42.3 Å². The van der Waals surface area contributed by atoms with Crippen LogP contribution in [0.4, 0.5) is 10.2 Å². The first-order valence-corrected chi connectivity index (χ1v) is 12.2. The maximum atomic E-state index is 15.0. The number of halogens is 1. The van der Waals surface area contributed by atoms with Gasteiger partial charge < -0.3 is 19.4 Å². The van der Waals surface area contributed by atoms with Crippen molar-refractivity contribution in [2.75, 3.05) is 31.0 Å². The summed E-state index contributed by atoms with van der Waals surface area (Å²) in [6.45, 7) is 6.40. The van der Waals surface area contributed by atoms with Gasteiger partial charge in [-0.1, -0.05) is 0 Å². The van der Waals surface area contributed by atoms with Crippen LogP contribution in [0.2, 0.25) is 0 Å². The third-order valence-electron chi connectivity index (χ3n) is 6.33. The number of ether oxygens (including phenoxy) is 2. The summed E-state index contributed by atoms with van der Waals surface area (Å²) in [5.41, 5.74) is 0.935. The smallest absolute Gasteiger partial charge is 0.224 e. The van der Waals surface area contributed by atoms with Crippen LogP contribution < -0.4 is 9.64 Å². The number of aromatic nitrogens is 4. The molecule has 3 aromatic rings. The van der Waals surface area contributed by atoms with Crippen molar-refractivity contribution >= 4 is 26.6 Å². The molecule has 170 valence electrons. The molecule has 0 aromatic carbocycles. The Morgan fingerprint density at radius 2 is 2.03 bits per heavy atom. The van der Waals surface area contributed by atoms with E-state index in [0.717, 1.165) is 6.26 Å². The Morgan fingerprint density at radius 1 is 1.25 bits per heavy atom. The van der Waals surface area contributed by atoms with Gasteiger partial charge in [-0.3, -0.25) is 0 Å². The van der Waals surface area contributed by atoms with Gasteiger partial charge in [0, 0.05) is 17.8 Å². The molecule has 9 nitrogen and oxygen atoms in total. The molecular formula is C21H24FN5O4S. The number of nitrogens with zero attached hydrogens (tertiary/aromatic N) is 4. The molecular weight excluding hydrogens is 437 g/mol. The van der Waals surface area contributed by atoms with Crippen LogP contribution in [0.3, 0.4) is 0 Å². The maximum absolute atomic E-state index is 15.0. The van der Waals surface area contributed by atoms with Crippen molar-refractivity contribution in [3.8, 4) is 17.1 Å². The Balaban J connectivity index is 1.84. The summed E-state index contributed by atoms with van der Waals surface area (Å²) in [6, 6.07) is 1.60. The van der Waals surface area contributed by atoms with Gasteiger partial charge >= 0.3 is 0 Å². The van der Waals surface area contributed by atoms with Crippen molar-refractivity contribution in [2.24, 2.45) is 0 Å². The summed E-state index contributed by atoms with van der Waals surface area (Å²) in [7, 11) is -3.60. The van der Waals surface area contributed by atoms with E-state index in [1.54, 1.807) is 26.1 Å². The second-order valence-electron chi connectivity index (χ2n) is 8.82. The first-order chi connectivity index (χ1) is 15.1. The molecule has 1 fully saturated rings. The van der Waals surface area contributed by atoms with Gasteiger partial charge in [0.05, 0.1) is 42.6 Å². The predicted octanol–water partition coefficient (Wildman–Crippen LogP) is 2.42. The number of anilines is 1. The van der Waals surface area contributed by atoms with Gasteiger partial charge in [0.15, 0.2) is 27.2 Å². The number of nitrogens with one attached hydrogen (secondary N) is 1. The fraction of sp³-hybridized carbons (Fsp3) is 0.476. The molecule has 1 N–H and O–H groups in total. The minimum atomic E-state index is -3.60. The molecule has 0 aliphatic carbocycles. The predicted molar refractivity (Wildman–Crippen MR) is 117 cm³/mol. The van der Waals surface area contributed by atoms with Gasteiger partial charge in [0.1, 0.15) is 17.0 Å². The third kappa shape index (κ3) is 3.06. The molecule has 0 amide bonds. The number of rotatable bonds is 3. The van der Waals surface area contributed by atoms with E-state index < -0.39 is 20.5 Å². The van der Waals surface area contributed by atoms with E-state index in [9.17, 15) is 12.8 Å². The van der Waals surface area contributed by atoms with Gasteiger partial charge in [-0.2, -0.15) is 4.39 Å². The average Bonchev–Trinajstić information content (AvgIpc) is 3.20. The van der Waals surface area contributed by atoms with Gasteiger partial charge in [-0.05, 0) is 26.8 Å². The number of hydrogen-bond acceptors (Lipinski definition) is 8. The number of morpholine rings is 1.